The van der Waals surface area contributed by atoms with E-state index in [2.05, 4.69) is 17.4 Å². The SMILES string of the molecule is CNCCC(=O)CCc1ccccc1. The molecule has 0 radical (unpaired) electrons. The molecule has 0 spiro atoms. The summed E-state index contributed by atoms with van der Waals surface area (Å²) in [4.78, 5) is 11.3. The zero-order valence-corrected chi connectivity index (χ0v) is 8.62. The van der Waals surface area contributed by atoms with E-state index in [9.17, 15) is 4.79 Å². The second-order valence-corrected chi connectivity index (χ2v) is 3.38. The third-order valence-electron chi connectivity index (χ3n) is 2.19. The Morgan fingerprint density at radius 2 is 1.93 bits per heavy atom. The molecule has 0 amide bonds. The molecule has 1 N–H and O–H groups in total. The number of Topliss-reactive ketones (excluding diaryl/α,β-unsaturated/α-hetero) is 1. The molecule has 0 aliphatic rings. The van der Waals surface area contributed by atoms with Crippen LogP contribution in [0.15, 0.2) is 30.3 Å². The molecule has 2 nitrogen and oxygen atoms in total. The van der Waals surface area contributed by atoms with Crippen LogP contribution in [0.3, 0.4) is 0 Å². The predicted octanol–water partition coefficient (Wildman–Crippen LogP) is 1.80. The average Bonchev–Trinajstić information content (AvgIpc) is 2.25. The van der Waals surface area contributed by atoms with Crippen LogP contribution < -0.4 is 5.32 Å². The first kappa shape index (κ1) is 10.9. The molecule has 0 heterocycles. The normalized spacial score (nSPS) is 10.1. The third kappa shape index (κ3) is 4.19. The first-order valence-corrected chi connectivity index (χ1v) is 5.03. The van der Waals surface area contributed by atoms with Gasteiger partial charge < -0.3 is 5.32 Å². The van der Waals surface area contributed by atoms with Crippen molar-refractivity contribution in [2.24, 2.45) is 0 Å². The van der Waals surface area contributed by atoms with Gasteiger partial charge in [-0.1, -0.05) is 30.3 Å². The molecule has 0 atom stereocenters. The molecule has 0 fully saturated rings. The van der Waals surface area contributed by atoms with Gasteiger partial charge in [-0.2, -0.15) is 0 Å². The van der Waals surface area contributed by atoms with Gasteiger partial charge in [0.1, 0.15) is 5.78 Å². The van der Waals surface area contributed by atoms with Gasteiger partial charge in [0.2, 0.25) is 0 Å². The van der Waals surface area contributed by atoms with E-state index in [0.29, 0.717) is 18.6 Å². The van der Waals surface area contributed by atoms with Crippen LogP contribution in [0.5, 0.6) is 0 Å². The number of aryl methyl sites for hydroxylation is 1. The molecule has 0 unspecified atom stereocenters. The van der Waals surface area contributed by atoms with Crippen LogP contribution in [0.4, 0.5) is 0 Å². The number of ketones is 1. The van der Waals surface area contributed by atoms with Gasteiger partial charge in [0.25, 0.3) is 0 Å². The predicted molar refractivity (Wildman–Crippen MR) is 58.3 cm³/mol. The van der Waals surface area contributed by atoms with Crippen LogP contribution in [0.2, 0.25) is 0 Å². The molecule has 0 saturated carbocycles. The summed E-state index contributed by atoms with van der Waals surface area (Å²) in [7, 11) is 1.87. The Labute approximate surface area is 85.3 Å². The highest BCUT2D eigenvalue weighted by molar-refractivity contribution is 5.78. The minimum Gasteiger partial charge on any atom is -0.319 e. The first-order chi connectivity index (χ1) is 6.83. The van der Waals surface area contributed by atoms with Crippen molar-refractivity contribution in [2.75, 3.05) is 13.6 Å². The monoisotopic (exact) mass is 191 g/mol. The highest BCUT2D eigenvalue weighted by Gasteiger charge is 2.01. The van der Waals surface area contributed by atoms with E-state index in [-0.39, 0.29) is 0 Å². The fourth-order valence-corrected chi connectivity index (χ4v) is 1.32. The number of nitrogens with one attached hydrogen (secondary N) is 1. The van der Waals surface area contributed by atoms with E-state index in [4.69, 9.17) is 0 Å². The quantitative estimate of drug-likeness (QED) is 0.743. The van der Waals surface area contributed by atoms with Crippen LogP contribution in [-0.2, 0) is 11.2 Å². The molecular weight excluding hydrogens is 174 g/mol. The van der Waals surface area contributed by atoms with Crippen LogP contribution in [-0.4, -0.2) is 19.4 Å². The van der Waals surface area contributed by atoms with E-state index in [0.717, 1.165) is 13.0 Å². The lowest BCUT2D eigenvalue weighted by molar-refractivity contribution is -0.118. The van der Waals surface area contributed by atoms with Crippen molar-refractivity contribution >= 4 is 5.78 Å². The van der Waals surface area contributed by atoms with Gasteiger partial charge in [0.05, 0.1) is 0 Å². The summed E-state index contributed by atoms with van der Waals surface area (Å²) in [6, 6.07) is 10.1. The van der Waals surface area contributed by atoms with Crippen LogP contribution in [0.1, 0.15) is 18.4 Å². The Kier molecular flexibility index (Phi) is 4.94. The molecule has 0 aromatic heterocycles. The van der Waals surface area contributed by atoms with Gasteiger partial charge >= 0.3 is 0 Å². The highest BCUT2D eigenvalue weighted by Crippen LogP contribution is 2.03. The van der Waals surface area contributed by atoms with E-state index < -0.39 is 0 Å². The second kappa shape index (κ2) is 6.33. The van der Waals surface area contributed by atoms with Gasteiger partial charge in [-0.05, 0) is 19.0 Å². The van der Waals surface area contributed by atoms with Crippen molar-refractivity contribution in [1.82, 2.24) is 5.32 Å². The van der Waals surface area contributed by atoms with Crippen molar-refractivity contribution in [3.63, 3.8) is 0 Å². The smallest absolute Gasteiger partial charge is 0.134 e. The van der Waals surface area contributed by atoms with E-state index in [1.807, 2.05) is 25.2 Å². The second-order valence-electron chi connectivity index (χ2n) is 3.38. The minimum atomic E-state index is 0.336. The standard InChI is InChI=1S/C12H17NO/c1-13-10-9-12(14)8-7-11-5-3-2-4-6-11/h2-6,13H,7-10H2,1H3. The summed E-state index contributed by atoms with van der Waals surface area (Å²) in [5, 5.41) is 2.98. The van der Waals surface area contributed by atoms with Crippen molar-refractivity contribution in [2.45, 2.75) is 19.3 Å². The molecular formula is C12H17NO. The fraction of sp³-hybridized carbons (Fsp3) is 0.417. The minimum absolute atomic E-state index is 0.336. The average molecular weight is 191 g/mol. The Morgan fingerprint density at radius 3 is 2.57 bits per heavy atom. The fourth-order valence-electron chi connectivity index (χ4n) is 1.32. The summed E-state index contributed by atoms with van der Waals surface area (Å²) in [5.74, 6) is 0.336. The van der Waals surface area contributed by atoms with Crippen molar-refractivity contribution in [3.05, 3.63) is 35.9 Å². The number of hydrogen-bond donors (Lipinski definition) is 1. The lowest BCUT2D eigenvalue weighted by atomic mass is 10.1. The molecule has 0 bridgehead atoms. The number of benzene rings is 1. The van der Waals surface area contributed by atoms with Gasteiger partial charge in [0, 0.05) is 19.4 Å². The Hall–Kier alpha value is -1.15. The lowest BCUT2D eigenvalue weighted by Crippen LogP contribution is -2.13. The number of carbonyl (C=O) groups is 1. The largest absolute Gasteiger partial charge is 0.319 e. The maximum absolute atomic E-state index is 11.3. The summed E-state index contributed by atoms with van der Waals surface area (Å²) in [6.07, 6.45) is 2.17. The zero-order chi connectivity index (χ0) is 10.2. The van der Waals surface area contributed by atoms with Gasteiger partial charge in [-0.3, -0.25) is 4.79 Å². The van der Waals surface area contributed by atoms with Crippen LogP contribution in [0.25, 0.3) is 0 Å². The molecule has 1 aromatic rings. The topological polar surface area (TPSA) is 29.1 Å². The molecule has 14 heavy (non-hydrogen) atoms. The van der Waals surface area contributed by atoms with E-state index in [1.165, 1.54) is 5.56 Å². The van der Waals surface area contributed by atoms with Crippen molar-refractivity contribution in [1.29, 1.82) is 0 Å². The Morgan fingerprint density at radius 1 is 1.21 bits per heavy atom. The van der Waals surface area contributed by atoms with Gasteiger partial charge in [-0.25, -0.2) is 0 Å². The molecule has 1 rings (SSSR count). The van der Waals surface area contributed by atoms with Crippen LogP contribution >= 0.6 is 0 Å². The maximum atomic E-state index is 11.3. The highest BCUT2D eigenvalue weighted by atomic mass is 16.1. The molecule has 0 saturated heterocycles. The Bertz CT molecular complexity index is 269. The van der Waals surface area contributed by atoms with Crippen molar-refractivity contribution < 1.29 is 4.79 Å². The molecule has 0 aliphatic heterocycles. The summed E-state index contributed by atoms with van der Waals surface area (Å²) in [5.41, 5.74) is 1.24. The molecule has 1 aromatic carbocycles. The lowest BCUT2D eigenvalue weighted by Gasteiger charge is -2.00. The summed E-state index contributed by atoms with van der Waals surface area (Å²) >= 11 is 0. The number of hydrogen-bond acceptors (Lipinski definition) is 2. The molecule has 0 aliphatic carbocycles. The van der Waals surface area contributed by atoms with Crippen LogP contribution in [0, 0.1) is 0 Å². The van der Waals surface area contributed by atoms with E-state index >= 15 is 0 Å². The molecule has 2 heteroatoms. The van der Waals surface area contributed by atoms with Gasteiger partial charge in [0.15, 0.2) is 0 Å². The van der Waals surface area contributed by atoms with E-state index in [1.54, 1.807) is 0 Å². The zero-order valence-electron chi connectivity index (χ0n) is 8.62. The van der Waals surface area contributed by atoms with Crippen molar-refractivity contribution in [3.8, 4) is 0 Å². The Balaban J connectivity index is 2.24. The third-order valence-corrected chi connectivity index (χ3v) is 2.19. The number of rotatable bonds is 6. The number of carbonyl (C=O) groups excluding carboxylic acids is 1. The summed E-state index contributed by atoms with van der Waals surface area (Å²) in [6.45, 7) is 0.785. The summed E-state index contributed by atoms with van der Waals surface area (Å²) < 4.78 is 0. The maximum Gasteiger partial charge on any atom is 0.134 e. The molecule has 76 valence electrons. The first-order valence-electron chi connectivity index (χ1n) is 5.03. The van der Waals surface area contributed by atoms with Gasteiger partial charge in [-0.15, -0.1) is 0 Å².